The van der Waals surface area contributed by atoms with E-state index >= 15 is 0 Å². The summed E-state index contributed by atoms with van der Waals surface area (Å²) in [5.41, 5.74) is 1.14. The molecule has 2 heterocycles. The third-order valence-corrected chi connectivity index (χ3v) is 5.99. The molecule has 2 rings (SSSR count). The molecular weight excluding hydrogens is 335 g/mol. The Labute approximate surface area is 115 Å². The Kier molecular flexibility index (Phi) is 3.79. The summed E-state index contributed by atoms with van der Waals surface area (Å²) in [4.78, 5) is 2.35. The van der Waals surface area contributed by atoms with Gasteiger partial charge in [-0.3, -0.25) is 0 Å². The maximum absolute atomic E-state index is 6.37. The van der Waals surface area contributed by atoms with E-state index in [4.69, 9.17) is 23.2 Å². The van der Waals surface area contributed by atoms with Gasteiger partial charge >= 0.3 is 0 Å². The maximum atomic E-state index is 6.37. The van der Waals surface area contributed by atoms with Crippen molar-refractivity contribution >= 4 is 61.8 Å². The molecule has 0 radical (unpaired) electrons. The number of hydrogen-bond acceptors (Lipinski definition) is 2. The standard InChI is InChI=1S/C10H7BrCl2S2/c1-5-2-6(4-14-5)9(13)8-3-7(12)10(11)15-8/h2-4,9H,1H3. The topological polar surface area (TPSA) is 0 Å². The van der Waals surface area contributed by atoms with Crippen molar-refractivity contribution in [2.45, 2.75) is 12.3 Å². The fraction of sp³-hybridized carbons (Fsp3) is 0.200. The molecule has 0 aliphatic rings. The summed E-state index contributed by atoms with van der Waals surface area (Å²) < 4.78 is 0.941. The van der Waals surface area contributed by atoms with Gasteiger partial charge < -0.3 is 0 Å². The molecule has 0 saturated carbocycles. The van der Waals surface area contributed by atoms with E-state index in [-0.39, 0.29) is 5.38 Å². The van der Waals surface area contributed by atoms with E-state index in [9.17, 15) is 0 Å². The van der Waals surface area contributed by atoms with E-state index in [0.29, 0.717) is 0 Å². The summed E-state index contributed by atoms with van der Waals surface area (Å²) in [6.45, 7) is 2.08. The lowest BCUT2D eigenvalue weighted by Crippen LogP contribution is -1.85. The van der Waals surface area contributed by atoms with Gasteiger partial charge in [0.15, 0.2) is 0 Å². The lowest BCUT2D eigenvalue weighted by molar-refractivity contribution is 1.20. The van der Waals surface area contributed by atoms with Crippen LogP contribution >= 0.6 is 61.8 Å². The van der Waals surface area contributed by atoms with Crippen molar-refractivity contribution in [3.05, 3.63) is 41.6 Å². The van der Waals surface area contributed by atoms with E-state index in [1.807, 2.05) is 6.07 Å². The summed E-state index contributed by atoms with van der Waals surface area (Å²) in [5, 5.41) is 2.73. The zero-order chi connectivity index (χ0) is 11.0. The number of thiophene rings is 2. The van der Waals surface area contributed by atoms with Crippen LogP contribution in [0.5, 0.6) is 0 Å². The molecule has 0 amide bonds. The second-order valence-electron chi connectivity index (χ2n) is 3.12. The van der Waals surface area contributed by atoms with Gasteiger partial charge in [-0.05, 0) is 45.9 Å². The molecule has 0 aliphatic heterocycles. The molecule has 5 heteroatoms. The maximum Gasteiger partial charge on any atom is 0.0936 e. The van der Waals surface area contributed by atoms with Crippen LogP contribution in [0, 0.1) is 6.92 Å². The number of halogens is 3. The summed E-state index contributed by atoms with van der Waals surface area (Å²) in [6, 6.07) is 4.03. The first kappa shape index (κ1) is 11.9. The molecular formula is C10H7BrCl2S2. The van der Waals surface area contributed by atoms with Gasteiger partial charge in [-0.25, -0.2) is 0 Å². The normalized spacial score (nSPS) is 13.1. The van der Waals surface area contributed by atoms with Crippen LogP contribution in [0.2, 0.25) is 5.02 Å². The Hall–Kier alpha value is 0.460. The summed E-state index contributed by atoms with van der Waals surface area (Å²) in [5.74, 6) is 0. The molecule has 0 bridgehead atoms. The molecule has 0 aliphatic carbocycles. The molecule has 0 N–H and O–H groups in total. The van der Waals surface area contributed by atoms with Crippen molar-refractivity contribution in [3.8, 4) is 0 Å². The van der Waals surface area contributed by atoms with Crippen LogP contribution in [-0.4, -0.2) is 0 Å². The molecule has 0 spiro atoms. The van der Waals surface area contributed by atoms with Gasteiger partial charge in [0.2, 0.25) is 0 Å². The molecule has 0 fully saturated rings. The highest BCUT2D eigenvalue weighted by molar-refractivity contribution is 9.11. The lowest BCUT2D eigenvalue weighted by atomic mass is 10.2. The largest absolute Gasteiger partial charge is 0.149 e. The van der Waals surface area contributed by atoms with E-state index in [2.05, 4.69) is 34.3 Å². The molecule has 1 unspecified atom stereocenters. The number of aryl methyl sites for hydroxylation is 1. The van der Waals surface area contributed by atoms with Gasteiger partial charge in [0.05, 0.1) is 14.2 Å². The highest BCUT2D eigenvalue weighted by Crippen LogP contribution is 2.41. The Bertz CT molecular complexity index is 456. The minimum atomic E-state index is -0.0938. The van der Waals surface area contributed by atoms with Crippen molar-refractivity contribution in [1.82, 2.24) is 0 Å². The number of hydrogen-bond donors (Lipinski definition) is 0. The molecule has 15 heavy (non-hydrogen) atoms. The lowest BCUT2D eigenvalue weighted by Gasteiger charge is -2.03. The Morgan fingerprint density at radius 3 is 2.60 bits per heavy atom. The van der Waals surface area contributed by atoms with Crippen molar-refractivity contribution < 1.29 is 0 Å². The predicted molar refractivity (Wildman–Crippen MR) is 73.8 cm³/mol. The summed E-state index contributed by atoms with van der Waals surface area (Å²) in [7, 11) is 0. The van der Waals surface area contributed by atoms with Crippen LogP contribution in [-0.2, 0) is 0 Å². The minimum Gasteiger partial charge on any atom is -0.149 e. The van der Waals surface area contributed by atoms with Gasteiger partial charge in [-0.15, -0.1) is 34.3 Å². The van der Waals surface area contributed by atoms with Crippen LogP contribution in [0.15, 0.2) is 21.3 Å². The first-order valence-corrected chi connectivity index (χ1v) is 7.52. The Balaban J connectivity index is 2.31. The van der Waals surface area contributed by atoms with Gasteiger partial charge in [0, 0.05) is 9.75 Å². The van der Waals surface area contributed by atoms with E-state index in [1.54, 1.807) is 22.7 Å². The van der Waals surface area contributed by atoms with E-state index < -0.39 is 0 Å². The average Bonchev–Trinajstić information content (AvgIpc) is 2.74. The van der Waals surface area contributed by atoms with E-state index in [0.717, 1.165) is 19.2 Å². The van der Waals surface area contributed by atoms with Crippen LogP contribution in [0.4, 0.5) is 0 Å². The van der Waals surface area contributed by atoms with Crippen LogP contribution in [0.3, 0.4) is 0 Å². The first-order chi connectivity index (χ1) is 7.08. The predicted octanol–water partition coefficient (Wildman–Crippen LogP) is 5.86. The SMILES string of the molecule is Cc1cc(C(Cl)c2cc(Cl)c(Br)s2)cs1. The highest BCUT2D eigenvalue weighted by Gasteiger charge is 2.16. The van der Waals surface area contributed by atoms with Crippen molar-refractivity contribution in [3.63, 3.8) is 0 Å². The highest BCUT2D eigenvalue weighted by atomic mass is 79.9. The molecule has 2 aromatic heterocycles. The average molecular weight is 342 g/mol. The zero-order valence-electron chi connectivity index (χ0n) is 7.76. The third-order valence-electron chi connectivity index (χ3n) is 1.96. The van der Waals surface area contributed by atoms with Gasteiger partial charge in [-0.2, -0.15) is 0 Å². The molecule has 80 valence electrons. The number of rotatable bonds is 2. The van der Waals surface area contributed by atoms with E-state index in [1.165, 1.54) is 4.88 Å². The molecule has 0 aromatic carbocycles. The second-order valence-corrected chi connectivity index (χ2v) is 7.48. The minimum absolute atomic E-state index is 0.0938. The quantitative estimate of drug-likeness (QED) is 0.600. The van der Waals surface area contributed by atoms with Crippen molar-refractivity contribution in [2.24, 2.45) is 0 Å². The monoisotopic (exact) mass is 340 g/mol. The molecule has 1 atom stereocenters. The van der Waals surface area contributed by atoms with Crippen molar-refractivity contribution in [1.29, 1.82) is 0 Å². The summed E-state index contributed by atoms with van der Waals surface area (Å²) >= 11 is 19.0. The summed E-state index contributed by atoms with van der Waals surface area (Å²) in [6.07, 6.45) is 0. The van der Waals surface area contributed by atoms with Gasteiger partial charge in [0.1, 0.15) is 0 Å². The zero-order valence-corrected chi connectivity index (χ0v) is 12.5. The van der Waals surface area contributed by atoms with Crippen molar-refractivity contribution in [2.75, 3.05) is 0 Å². The first-order valence-electron chi connectivity index (χ1n) is 4.21. The number of alkyl halides is 1. The van der Waals surface area contributed by atoms with Crippen LogP contribution in [0.25, 0.3) is 0 Å². The van der Waals surface area contributed by atoms with Gasteiger partial charge in [-0.1, -0.05) is 11.6 Å². The second kappa shape index (κ2) is 4.76. The Morgan fingerprint density at radius 2 is 2.13 bits per heavy atom. The fourth-order valence-electron chi connectivity index (χ4n) is 1.25. The smallest absolute Gasteiger partial charge is 0.0936 e. The fourth-order valence-corrected chi connectivity index (χ4v) is 4.13. The van der Waals surface area contributed by atoms with Gasteiger partial charge in [0.25, 0.3) is 0 Å². The van der Waals surface area contributed by atoms with Crippen LogP contribution in [0.1, 0.15) is 20.7 Å². The Morgan fingerprint density at radius 1 is 1.40 bits per heavy atom. The molecule has 2 aromatic rings. The molecule has 0 nitrogen and oxygen atoms in total. The third kappa shape index (κ3) is 2.59. The molecule has 0 saturated heterocycles. The van der Waals surface area contributed by atoms with Crippen LogP contribution < -0.4 is 0 Å².